The molecule has 4 aromatic heterocycles. The molecule has 9 nitrogen and oxygen atoms in total. The van der Waals surface area contributed by atoms with Gasteiger partial charge < -0.3 is 18.8 Å². The molecule has 10 heteroatoms. The quantitative estimate of drug-likeness (QED) is 0.323. The Kier molecular flexibility index (Phi) is 5.27. The smallest absolute Gasteiger partial charge is 0.212 e. The molecule has 5 aromatic rings. The Morgan fingerprint density at radius 3 is 2.68 bits per heavy atom. The fourth-order valence-corrected chi connectivity index (χ4v) is 5.06. The molecule has 0 spiro atoms. The van der Waals surface area contributed by atoms with Gasteiger partial charge in [-0.2, -0.15) is 5.10 Å². The Bertz CT molecular complexity index is 1660. The van der Waals surface area contributed by atoms with Gasteiger partial charge in [0.1, 0.15) is 12.1 Å². The second kappa shape index (κ2) is 8.83. The van der Waals surface area contributed by atoms with Gasteiger partial charge in [0, 0.05) is 54.0 Å². The highest BCUT2D eigenvalue weighted by molar-refractivity contribution is 5.78. The number of fused-ring (bicyclic) bond motifs is 2. The van der Waals surface area contributed by atoms with Crippen molar-refractivity contribution < 1.29 is 18.6 Å². The van der Waals surface area contributed by atoms with Crippen LogP contribution in [-0.2, 0) is 13.6 Å². The lowest BCUT2D eigenvalue weighted by Crippen LogP contribution is -2.24. The fraction of sp³-hybridized carbons (Fsp3) is 0.286. The summed E-state index contributed by atoms with van der Waals surface area (Å²) in [7, 11) is 3.44. The minimum atomic E-state index is -0.455. The number of hydrogen-bond acceptors (Lipinski definition) is 7. The second-order valence-electron chi connectivity index (χ2n) is 9.76. The van der Waals surface area contributed by atoms with Crippen LogP contribution in [0.2, 0.25) is 0 Å². The molecule has 0 radical (unpaired) electrons. The maximum Gasteiger partial charge on any atom is 0.212 e. The van der Waals surface area contributed by atoms with Gasteiger partial charge in [-0.1, -0.05) is 0 Å². The Balaban J connectivity index is 1.21. The van der Waals surface area contributed by atoms with E-state index in [0.29, 0.717) is 24.1 Å². The van der Waals surface area contributed by atoms with Crippen LogP contribution < -0.4 is 14.2 Å². The fourth-order valence-electron chi connectivity index (χ4n) is 5.06. The molecule has 7 rings (SSSR count). The van der Waals surface area contributed by atoms with Gasteiger partial charge in [-0.25, -0.2) is 19.3 Å². The van der Waals surface area contributed by atoms with Crippen molar-refractivity contribution in [1.82, 2.24) is 29.3 Å². The summed E-state index contributed by atoms with van der Waals surface area (Å²) in [4.78, 5) is 13.5. The predicted octanol–water partition coefficient (Wildman–Crippen LogP) is 4.81. The van der Waals surface area contributed by atoms with Crippen LogP contribution >= 0.6 is 0 Å². The van der Waals surface area contributed by atoms with Crippen molar-refractivity contribution in [1.29, 1.82) is 0 Å². The van der Waals surface area contributed by atoms with E-state index in [1.807, 2.05) is 36.1 Å². The van der Waals surface area contributed by atoms with Gasteiger partial charge in [0.25, 0.3) is 0 Å². The van der Waals surface area contributed by atoms with E-state index in [4.69, 9.17) is 14.2 Å². The molecule has 1 aromatic carbocycles. The van der Waals surface area contributed by atoms with Crippen LogP contribution in [0.4, 0.5) is 4.39 Å². The van der Waals surface area contributed by atoms with Gasteiger partial charge in [-0.05, 0) is 42.5 Å². The number of pyridine rings is 2. The molecule has 38 heavy (non-hydrogen) atoms. The number of aromatic nitrogens is 6. The van der Waals surface area contributed by atoms with Crippen LogP contribution in [0.1, 0.15) is 41.6 Å². The zero-order chi connectivity index (χ0) is 25.8. The van der Waals surface area contributed by atoms with E-state index in [-0.39, 0.29) is 12.4 Å². The van der Waals surface area contributed by atoms with Gasteiger partial charge in [0.15, 0.2) is 29.1 Å². The highest BCUT2D eigenvalue weighted by atomic mass is 19.1. The number of ether oxygens (including phenoxy) is 3. The first-order valence-corrected chi connectivity index (χ1v) is 12.5. The Morgan fingerprint density at radius 2 is 1.95 bits per heavy atom. The Morgan fingerprint density at radius 1 is 1.05 bits per heavy atom. The minimum Gasteiger partial charge on any atom is -0.485 e. The molecule has 0 saturated heterocycles. The van der Waals surface area contributed by atoms with Gasteiger partial charge >= 0.3 is 0 Å². The molecule has 0 bridgehead atoms. The summed E-state index contributed by atoms with van der Waals surface area (Å²) in [5, 5.41) is 4.24. The summed E-state index contributed by atoms with van der Waals surface area (Å²) in [5.41, 5.74) is 6.10. The largest absolute Gasteiger partial charge is 0.485 e. The standard InChI is InChI=1S/C28H25FN6O3/c1-34-12-20(11-33-34)18-8-22-28(31-10-18)35(15-32-22)13-19-7-21(29)26-27(25(19)16-3-4-16)37-14-23(38-26)17-5-6-24(36-2)30-9-17/h5-12,15-16,23H,3-4,13-14H2,1-2H3. The number of rotatable bonds is 6. The molecule has 192 valence electrons. The highest BCUT2D eigenvalue weighted by Gasteiger charge is 2.36. The highest BCUT2D eigenvalue weighted by Crippen LogP contribution is 2.52. The van der Waals surface area contributed by atoms with E-state index in [0.717, 1.165) is 51.8 Å². The normalized spacial score (nSPS) is 16.7. The summed E-state index contributed by atoms with van der Waals surface area (Å²) in [5.74, 6) is 1.06. The molecule has 5 heterocycles. The van der Waals surface area contributed by atoms with Gasteiger partial charge in [-0.3, -0.25) is 4.68 Å². The first-order valence-electron chi connectivity index (χ1n) is 12.5. The maximum atomic E-state index is 15.5. The third-order valence-corrected chi connectivity index (χ3v) is 7.11. The summed E-state index contributed by atoms with van der Waals surface area (Å²) >= 11 is 0. The van der Waals surface area contributed by atoms with Gasteiger partial charge in [0.2, 0.25) is 5.88 Å². The van der Waals surface area contributed by atoms with Crippen LogP contribution in [0, 0.1) is 5.82 Å². The van der Waals surface area contributed by atoms with E-state index in [9.17, 15) is 0 Å². The van der Waals surface area contributed by atoms with Crippen molar-refractivity contribution in [3.8, 4) is 28.5 Å². The lowest BCUT2D eigenvalue weighted by molar-refractivity contribution is 0.0841. The third kappa shape index (κ3) is 3.93. The maximum absolute atomic E-state index is 15.5. The molecule has 1 unspecified atom stereocenters. The third-order valence-electron chi connectivity index (χ3n) is 7.11. The number of aryl methyl sites for hydroxylation is 1. The summed E-state index contributed by atoms with van der Waals surface area (Å²) in [6.07, 6.45) is 10.6. The van der Waals surface area contributed by atoms with E-state index < -0.39 is 11.9 Å². The van der Waals surface area contributed by atoms with Crippen LogP contribution in [-0.4, -0.2) is 43.0 Å². The minimum absolute atomic E-state index is 0.164. The van der Waals surface area contributed by atoms with Crippen molar-refractivity contribution >= 4 is 11.2 Å². The number of imidazole rings is 1. The Labute approximate surface area is 217 Å². The topological polar surface area (TPSA) is 89.1 Å². The van der Waals surface area contributed by atoms with Crippen molar-refractivity contribution in [2.45, 2.75) is 31.4 Å². The average Bonchev–Trinajstić information content (AvgIpc) is 3.56. The molecule has 0 N–H and O–H groups in total. The molecule has 1 fully saturated rings. The lowest BCUT2D eigenvalue weighted by Gasteiger charge is -2.29. The first kappa shape index (κ1) is 22.7. The number of methoxy groups -OCH3 is 1. The van der Waals surface area contributed by atoms with Crippen LogP contribution in [0.25, 0.3) is 22.3 Å². The molecule has 1 aliphatic carbocycles. The van der Waals surface area contributed by atoms with Crippen molar-refractivity contribution in [2.75, 3.05) is 13.7 Å². The van der Waals surface area contributed by atoms with E-state index in [2.05, 4.69) is 20.1 Å². The second-order valence-corrected chi connectivity index (χ2v) is 9.76. The number of nitrogens with zero attached hydrogens (tertiary/aromatic N) is 6. The zero-order valence-electron chi connectivity index (χ0n) is 21.0. The molecular weight excluding hydrogens is 487 g/mol. The summed E-state index contributed by atoms with van der Waals surface area (Å²) < 4.78 is 36.7. The van der Waals surface area contributed by atoms with Crippen molar-refractivity contribution in [2.24, 2.45) is 7.05 Å². The van der Waals surface area contributed by atoms with Crippen molar-refractivity contribution in [3.05, 3.63) is 77.9 Å². The van der Waals surface area contributed by atoms with E-state index >= 15 is 4.39 Å². The molecule has 1 saturated carbocycles. The van der Waals surface area contributed by atoms with E-state index in [1.54, 1.807) is 42.6 Å². The van der Waals surface area contributed by atoms with Crippen LogP contribution in [0.3, 0.4) is 0 Å². The average molecular weight is 513 g/mol. The van der Waals surface area contributed by atoms with E-state index in [1.165, 1.54) is 0 Å². The number of benzene rings is 1. The number of halogens is 1. The Hall–Kier alpha value is -4.47. The van der Waals surface area contributed by atoms with Crippen LogP contribution in [0.5, 0.6) is 17.4 Å². The SMILES string of the molecule is COc1ccc(C2COc3c(c(F)cc(Cn4cnc5cc(-c6cnn(C)c6)cnc54)c3C3CC3)O2)cn1. The molecule has 1 aliphatic heterocycles. The van der Waals surface area contributed by atoms with Gasteiger partial charge in [0.05, 0.1) is 26.2 Å². The first-order chi connectivity index (χ1) is 18.6. The van der Waals surface area contributed by atoms with Gasteiger partial charge in [-0.15, -0.1) is 0 Å². The molecule has 0 amide bonds. The number of hydrogen-bond donors (Lipinski definition) is 0. The zero-order valence-corrected chi connectivity index (χ0v) is 21.0. The lowest BCUT2D eigenvalue weighted by atomic mass is 9.99. The monoisotopic (exact) mass is 512 g/mol. The molecular formula is C28H25FN6O3. The summed E-state index contributed by atoms with van der Waals surface area (Å²) in [6.45, 7) is 0.706. The predicted molar refractivity (Wildman–Crippen MR) is 137 cm³/mol. The summed E-state index contributed by atoms with van der Waals surface area (Å²) in [6, 6.07) is 7.18. The van der Waals surface area contributed by atoms with Crippen molar-refractivity contribution in [3.63, 3.8) is 0 Å². The van der Waals surface area contributed by atoms with Crippen LogP contribution in [0.15, 0.2) is 55.4 Å². The molecule has 1 atom stereocenters. The molecule has 2 aliphatic rings.